The molecule has 1 rings (SSSR count). The maximum absolute atomic E-state index is 11.8. The molecule has 0 fully saturated rings. The lowest BCUT2D eigenvalue weighted by Gasteiger charge is -2.20. The normalized spacial score (nSPS) is 11.4. The number of ether oxygens (including phenoxy) is 1. The second-order valence-corrected chi connectivity index (χ2v) is 5.59. The first-order valence-corrected chi connectivity index (χ1v) is 6.75. The summed E-state index contributed by atoms with van der Waals surface area (Å²) in [5.41, 5.74) is 5.82. The number of carbonyl (C=O) groups excluding carboxylic acids is 1. The van der Waals surface area contributed by atoms with E-state index >= 15 is 0 Å². The van der Waals surface area contributed by atoms with E-state index in [0.717, 1.165) is 18.5 Å². The molecule has 0 spiro atoms. The summed E-state index contributed by atoms with van der Waals surface area (Å²) in [5.74, 6) is 0.638. The van der Waals surface area contributed by atoms with Crippen LogP contribution in [0.2, 0.25) is 0 Å². The first-order valence-electron chi connectivity index (χ1n) is 6.75. The summed E-state index contributed by atoms with van der Waals surface area (Å²) in [6.45, 7) is 7.58. The highest BCUT2D eigenvalue weighted by atomic mass is 16.6. The minimum Gasteiger partial charge on any atom is -0.444 e. The third kappa shape index (κ3) is 5.58. The minimum absolute atomic E-state index is 0.482. The van der Waals surface area contributed by atoms with Crippen molar-refractivity contribution in [1.29, 1.82) is 0 Å². The minimum atomic E-state index is -0.526. The van der Waals surface area contributed by atoms with Crippen molar-refractivity contribution in [3.05, 3.63) is 11.8 Å². The van der Waals surface area contributed by atoms with Gasteiger partial charge in [0.2, 0.25) is 0 Å². The summed E-state index contributed by atoms with van der Waals surface area (Å²) in [5, 5.41) is 10.1. The molecule has 7 heteroatoms. The maximum atomic E-state index is 11.8. The average molecular weight is 283 g/mol. The molecule has 20 heavy (non-hydrogen) atoms. The maximum Gasteiger partial charge on any atom is 0.413 e. The SMILES string of the molecule is Cn1ncc(CNCCCN)c1NC(=O)OC(C)(C)C. The first-order chi connectivity index (χ1) is 9.33. The summed E-state index contributed by atoms with van der Waals surface area (Å²) < 4.78 is 6.85. The van der Waals surface area contributed by atoms with E-state index in [-0.39, 0.29) is 0 Å². The largest absolute Gasteiger partial charge is 0.444 e. The van der Waals surface area contributed by atoms with E-state index in [1.54, 1.807) is 17.9 Å². The molecule has 0 aromatic carbocycles. The Morgan fingerprint density at radius 3 is 2.80 bits per heavy atom. The predicted molar refractivity (Wildman–Crippen MR) is 78.4 cm³/mol. The number of aromatic nitrogens is 2. The topological polar surface area (TPSA) is 94.2 Å². The van der Waals surface area contributed by atoms with Crippen molar-refractivity contribution in [2.75, 3.05) is 18.4 Å². The molecule has 1 aromatic rings. The molecule has 0 unspecified atom stereocenters. The highest BCUT2D eigenvalue weighted by molar-refractivity contribution is 5.84. The van der Waals surface area contributed by atoms with Gasteiger partial charge in [-0.2, -0.15) is 5.10 Å². The fraction of sp³-hybridized carbons (Fsp3) is 0.692. The van der Waals surface area contributed by atoms with Gasteiger partial charge in [-0.1, -0.05) is 0 Å². The van der Waals surface area contributed by atoms with Gasteiger partial charge in [-0.25, -0.2) is 4.79 Å². The molecule has 7 nitrogen and oxygen atoms in total. The molecule has 0 aliphatic rings. The van der Waals surface area contributed by atoms with Crippen LogP contribution in [0.4, 0.5) is 10.6 Å². The Morgan fingerprint density at radius 1 is 1.50 bits per heavy atom. The Kier molecular flexibility index (Phi) is 5.97. The molecule has 0 atom stereocenters. The van der Waals surface area contributed by atoms with Gasteiger partial charge in [0.15, 0.2) is 0 Å². The van der Waals surface area contributed by atoms with E-state index in [1.807, 2.05) is 20.8 Å². The quantitative estimate of drug-likeness (QED) is 0.682. The molecule has 0 aliphatic heterocycles. The van der Waals surface area contributed by atoms with Crippen molar-refractivity contribution in [2.24, 2.45) is 12.8 Å². The third-order valence-electron chi connectivity index (χ3n) is 2.51. The van der Waals surface area contributed by atoms with Crippen LogP contribution in [0.15, 0.2) is 6.20 Å². The van der Waals surface area contributed by atoms with Gasteiger partial charge in [0, 0.05) is 19.2 Å². The molecule has 1 heterocycles. The fourth-order valence-electron chi connectivity index (χ4n) is 1.62. The van der Waals surface area contributed by atoms with Crippen molar-refractivity contribution >= 4 is 11.9 Å². The number of hydrogen-bond donors (Lipinski definition) is 3. The van der Waals surface area contributed by atoms with Crippen LogP contribution in [0.5, 0.6) is 0 Å². The molecular weight excluding hydrogens is 258 g/mol. The molecule has 0 aliphatic carbocycles. The van der Waals surface area contributed by atoms with E-state index in [2.05, 4.69) is 15.7 Å². The van der Waals surface area contributed by atoms with Crippen LogP contribution < -0.4 is 16.4 Å². The van der Waals surface area contributed by atoms with Gasteiger partial charge in [0.1, 0.15) is 11.4 Å². The number of amides is 1. The van der Waals surface area contributed by atoms with Crippen LogP contribution in [-0.4, -0.2) is 34.6 Å². The first kappa shape index (κ1) is 16.5. The number of nitrogens with zero attached hydrogens (tertiary/aromatic N) is 2. The third-order valence-corrected chi connectivity index (χ3v) is 2.51. The molecular formula is C13H25N5O2. The Morgan fingerprint density at radius 2 is 2.20 bits per heavy atom. The van der Waals surface area contributed by atoms with E-state index in [1.165, 1.54) is 0 Å². The van der Waals surface area contributed by atoms with Crippen LogP contribution in [-0.2, 0) is 18.3 Å². The van der Waals surface area contributed by atoms with Crippen LogP contribution in [0, 0.1) is 0 Å². The zero-order chi connectivity index (χ0) is 15.2. The lowest BCUT2D eigenvalue weighted by Crippen LogP contribution is -2.28. The van der Waals surface area contributed by atoms with Crippen molar-refractivity contribution in [3.63, 3.8) is 0 Å². The van der Waals surface area contributed by atoms with E-state index in [9.17, 15) is 4.79 Å². The van der Waals surface area contributed by atoms with Crippen LogP contribution in [0.1, 0.15) is 32.8 Å². The number of hydrogen-bond acceptors (Lipinski definition) is 5. The Bertz CT molecular complexity index is 436. The molecule has 0 saturated carbocycles. The van der Waals surface area contributed by atoms with E-state index in [0.29, 0.717) is 18.9 Å². The van der Waals surface area contributed by atoms with Gasteiger partial charge in [-0.3, -0.25) is 10.00 Å². The van der Waals surface area contributed by atoms with Crippen LogP contribution >= 0.6 is 0 Å². The van der Waals surface area contributed by atoms with Crippen LogP contribution in [0.25, 0.3) is 0 Å². The molecule has 4 N–H and O–H groups in total. The lowest BCUT2D eigenvalue weighted by molar-refractivity contribution is 0.0634. The number of aryl methyl sites for hydroxylation is 1. The van der Waals surface area contributed by atoms with Crippen molar-refractivity contribution < 1.29 is 9.53 Å². The summed E-state index contributed by atoms with van der Waals surface area (Å²) in [6.07, 6.45) is 2.15. The van der Waals surface area contributed by atoms with Crippen molar-refractivity contribution in [1.82, 2.24) is 15.1 Å². The molecule has 114 valence electrons. The van der Waals surface area contributed by atoms with Gasteiger partial charge < -0.3 is 15.8 Å². The smallest absolute Gasteiger partial charge is 0.413 e. The number of anilines is 1. The summed E-state index contributed by atoms with van der Waals surface area (Å²) in [4.78, 5) is 11.8. The predicted octanol–water partition coefficient (Wildman–Crippen LogP) is 1.21. The number of rotatable bonds is 6. The Labute approximate surface area is 119 Å². The fourth-order valence-corrected chi connectivity index (χ4v) is 1.62. The monoisotopic (exact) mass is 283 g/mol. The second-order valence-electron chi connectivity index (χ2n) is 5.59. The zero-order valence-electron chi connectivity index (χ0n) is 12.7. The summed E-state index contributed by atoms with van der Waals surface area (Å²) >= 11 is 0. The van der Waals surface area contributed by atoms with Crippen molar-refractivity contribution in [2.45, 2.75) is 39.3 Å². The van der Waals surface area contributed by atoms with E-state index in [4.69, 9.17) is 10.5 Å². The molecule has 1 aromatic heterocycles. The number of carbonyl (C=O) groups is 1. The average Bonchev–Trinajstić information content (AvgIpc) is 2.64. The van der Waals surface area contributed by atoms with E-state index < -0.39 is 11.7 Å². The highest BCUT2D eigenvalue weighted by Gasteiger charge is 2.18. The van der Waals surface area contributed by atoms with Crippen LogP contribution in [0.3, 0.4) is 0 Å². The second kappa shape index (κ2) is 7.25. The molecule has 0 radical (unpaired) electrons. The van der Waals surface area contributed by atoms with Crippen molar-refractivity contribution in [3.8, 4) is 0 Å². The highest BCUT2D eigenvalue weighted by Crippen LogP contribution is 2.16. The van der Waals surface area contributed by atoms with Gasteiger partial charge >= 0.3 is 6.09 Å². The summed E-state index contributed by atoms with van der Waals surface area (Å²) in [7, 11) is 1.77. The van der Waals surface area contributed by atoms with Gasteiger partial charge in [-0.05, 0) is 40.3 Å². The number of nitrogens with two attached hydrogens (primary N) is 1. The molecule has 0 bridgehead atoms. The summed E-state index contributed by atoms with van der Waals surface area (Å²) in [6, 6.07) is 0. The van der Waals surface area contributed by atoms with Gasteiger partial charge in [0.25, 0.3) is 0 Å². The van der Waals surface area contributed by atoms with Gasteiger partial charge in [0.05, 0.1) is 6.20 Å². The number of nitrogens with one attached hydrogen (secondary N) is 2. The zero-order valence-corrected chi connectivity index (χ0v) is 12.7. The Hall–Kier alpha value is -1.60. The molecule has 0 saturated heterocycles. The van der Waals surface area contributed by atoms with Gasteiger partial charge in [-0.15, -0.1) is 0 Å². The lowest BCUT2D eigenvalue weighted by atomic mass is 10.2. The standard InChI is InChI=1S/C13H25N5O2/c1-13(2,3)20-12(19)17-11-10(9-16-18(11)4)8-15-7-5-6-14/h9,15H,5-8,14H2,1-4H3,(H,17,19). The molecule has 1 amide bonds. The Balaban J connectivity index is 2.60.